The summed E-state index contributed by atoms with van der Waals surface area (Å²) in [6, 6.07) is 55.5. The van der Waals surface area contributed by atoms with Crippen molar-refractivity contribution in [3.8, 4) is 28.4 Å². The average Bonchev–Trinajstić information content (AvgIpc) is 3.90. The number of benzene rings is 6. The minimum atomic E-state index is -0.414. The Hall–Kier alpha value is -5.90. The van der Waals surface area contributed by atoms with Crippen molar-refractivity contribution in [2.75, 3.05) is 9.80 Å². The summed E-state index contributed by atoms with van der Waals surface area (Å²) in [7, 11) is 0. The van der Waals surface area contributed by atoms with E-state index in [1.165, 1.54) is 28.0 Å². The molecule has 3 heterocycles. The topological polar surface area (TPSA) is 33.5 Å². The number of anilines is 2. The maximum absolute atomic E-state index is 7.18. The number of fused-ring (bicyclic) bond motifs is 3. The molecule has 0 saturated carbocycles. The predicted octanol–water partition coefficient (Wildman–Crippen LogP) is 16.8. The summed E-state index contributed by atoms with van der Waals surface area (Å²) in [5.74, 6) is 2.04. The van der Waals surface area contributed by atoms with Gasteiger partial charge >= 0.3 is 0 Å². The molecule has 5 nitrogen and oxygen atoms in total. The Morgan fingerprint density at radius 1 is 0.536 bits per heavy atom. The number of rotatable bonds is 8. The molecule has 0 N–H and O–H groups in total. The smallest absolute Gasteiger partial charge is 0.135 e. The van der Waals surface area contributed by atoms with Crippen LogP contribution in [0.4, 0.5) is 11.4 Å². The second-order valence-electron chi connectivity index (χ2n) is 23.3. The number of aromatic nitrogens is 2. The Morgan fingerprint density at radius 3 is 1.75 bits per heavy atom. The van der Waals surface area contributed by atoms with Crippen LogP contribution < -0.4 is 14.5 Å². The first kappa shape index (κ1) is 49.5. The summed E-state index contributed by atoms with van der Waals surface area (Å²) in [6.45, 7) is 34.2. The summed E-state index contributed by atoms with van der Waals surface area (Å²) >= 11 is 0. The van der Waals surface area contributed by atoms with Crippen LogP contribution in [0, 0.1) is 24.2 Å². The number of para-hydroxylation sites is 1. The number of hydrogen-bond donors (Lipinski definition) is 0. The second-order valence-corrected chi connectivity index (χ2v) is 23.3. The fourth-order valence-electron chi connectivity index (χ4n) is 9.35. The molecule has 6 heteroatoms. The van der Waals surface area contributed by atoms with E-state index in [0.717, 1.165) is 55.7 Å². The quantitative estimate of drug-likeness (QED) is 0.142. The van der Waals surface area contributed by atoms with Crippen LogP contribution in [0.2, 0.25) is 0 Å². The van der Waals surface area contributed by atoms with Crippen molar-refractivity contribution in [1.82, 2.24) is 9.55 Å². The van der Waals surface area contributed by atoms with Gasteiger partial charge in [0.15, 0.2) is 0 Å². The maximum Gasteiger partial charge on any atom is 0.135 e. The number of hydrogen-bond acceptors (Lipinski definition) is 4. The zero-order valence-corrected chi connectivity index (χ0v) is 45.2. The van der Waals surface area contributed by atoms with E-state index in [-0.39, 0.29) is 42.7 Å². The van der Waals surface area contributed by atoms with Gasteiger partial charge in [-0.05, 0) is 91.4 Å². The first-order chi connectivity index (χ1) is 32.0. The molecular weight excluding hydrogens is 1020 g/mol. The van der Waals surface area contributed by atoms with E-state index in [1.807, 2.05) is 6.20 Å². The first-order valence-electron chi connectivity index (χ1n) is 24.1. The zero-order valence-electron chi connectivity index (χ0n) is 42.9. The van der Waals surface area contributed by atoms with Crippen molar-refractivity contribution >= 4 is 33.2 Å². The monoisotopic (exact) mass is 1090 g/mol. The Morgan fingerprint density at radius 2 is 1.13 bits per heavy atom. The van der Waals surface area contributed by atoms with Gasteiger partial charge in [-0.3, -0.25) is 0 Å². The molecule has 9 rings (SSSR count). The van der Waals surface area contributed by atoms with E-state index in [0.29, 0.717) is 11.5 Å². The normalized spacial score (nSPS) is 13.8. The van der Waals surface area contributed by atoms with Crippen molar-refractivity contribution < 1.29 is 25.8 Å². The molecular formula is C63H67N4OPt-3. The summed E-state index contributed by atoms with van der Waals surface area (Å²) in [6.07, 6.45) is 4.19. The van der Waals surface area contributed by atoms with Gasteiger partial charge in [-0.25, -0.2) is 4.98 Å². The third-order valence-electron chi connectivity index (χ3n) is 13.6. The molecule has 0 bridgehead atoms. The van der Waals surface area contributed by atoms with Crippen LogP contribution in [0.15, 0.2) is 152 Å². The molecule has 0 fully saturated rings. The molecule has 0 spiro atoms. The number of ether oxygens (including phenoxy) is 1. The van der Waals surface area contributed by atoms with E-state index in [1.54, 1.807) is 0 Å². The van der Waals surface area contributed by atoms with Crippen LogP contribution in [0.3, 0.4) is 0 Å². The molecule has 0 unspecified atom stereocenters. The van der Waals surface area contributed by atoms with Crippen molar-refractivity contribution in [1.29, 1.82) is 0 Å². The molecule has 1 aliphatic rings. The molecule has 8 aromatic rings. The maximum atomic E-state index is 7.18. The van der Waals surface area contributed by atoms with Crippen LogP contribution in [-0.2, 0) is 42.7 Å². The molecule has 1 aliphatic heterocycles. The van der Waals surface area contributed by atoms with Gasteiger partial charge < -0.3 is 19.1 Å². The summed E-state index contributed by atoms with van der Waals surface area (Å²) in [5.41, 5.74) is 12.8. The zero-order chi connectivity index (χ0) is 48.6. The summed E-state index contributed by atoms with van der Waals surface area (Å²) < 4.78 is 9.44. The van der Waals surface area contributed by atoms with E-state index in [4.69, 9.17) is 9.72 Å². The summed E-state index contributed by atoms with van der Waals surface area (Å²) in [4.78, 5) is 9.60. The molecule has 0 amide bonds. The van der Waals surface area contributed by atoms with Gasteiger partial charge in [0.25, 0.3) is 0 Å². The van der Waals surface area contributed by atoms with Crippen molar-refractivity contribution in [2.24, 2.45) is 5.41 Å². The molecule has 0 saturated heterocycles. The molecule has 6 aromatic carbocycles. The molecule has 2 aromatic heterocycles. The van der Waals surface area contributed by atoms with Gasteiger partial charge in [0.05, 0.1) is 0 Å². The van der Waals surface area contributed by atoms with Gasteiger partial charge in [0.1, 0.15) is 5.82 Å². The van der Waals surface area contributed by atoms with Crippen molar-refractivity contribution in [3.05, 3.63) is 198 Å². The van der Waals surface area contributed by atoms with Gasteiger partial charge in [-0.15, -0.1) is 53.8 Å². The van der Waals surface area contributed by atoms with E-state index >= 15 is 0 Å². The SMILES string of the molecule is CC(C)(C)C1=CN(c2[c-]c(Oc3[c-]c4c(c(C(C)(C)c5ccccc5)c3)c3ccccc3n4-c3cc(C(C)(C)C)ccn3)cc(-c3ccccc3)c2)[CH-]N1c1cc(C(C)(C)C)cc(C(C)(C)C)c1.[Pt]. The van der Waals surface area contributed by atoms with E-state index in [9.17, 15) is 0 Å². The standard InChI is InChI=1S/C63H67N4O.Pt/c1-59(2,3)45-29-30-64-57(36-45)67-54-28-22-21-27-52(54)58-53(63(13,14)44-25-19-16-20-26-44)38-51(39-55(58)67)68-50-32-43(42-23-17-15-18-24-42)31-48(37-50)65-40-56(62(10,11)12)66(41-65)49-34-46(60(4,5)6)33-47(35-49)61(7,8)9;/h15-36,38,40-41H,1-14H3;/q-3;. The summed E-state index contributed by atoms with van der Waals surface area (Å²) in [5, 5.41) is 2.27. The minimum absolute atomic E-state index is 0. The van der Waals surface area contributed by atoms with Gasteiger partial charge in [-0.2, -0.15) is 0 Å². The van der Waals surface area contributed by atoms with Crippen LogP contribution in [0.25, 0.3) is 38.8 Å². The molecule has 69 heavy (non-hydrogen) atoms. The van der Waals surface area contributed by atoms with Crippen molar-refractivity contribution in [3.63, 3.8) is 0 Å². The number of allylic oxidation sites excluding steroid dienone is 1. The van der Waals surface area contributed by atoms with Crippen LogP contribution in [0.1, 0.15) is 125 Å². The molecule has 0 atom stereocenters. The Kier molecular flexibility index (Phi) is 13.0. The van der Waals surface area contributed by atoms with Gasteiger partial charge in [0, 0.05) is 61.1 Å². The fourth-order valence-corrected chi connectivity index (χ4v) is 9.35. The molecule has 0 aliphatic carbocycles. The van der Waals surface area contributed by atoms with Crippen LogP contribution in [-0.4, -0.2) is 9.55 Å². The van der Waals surface area contributed by atoms with Crippen LogP contribution >= 0.6 is 0 Å². The fraction of sp³-hybridized carbons (Fsp3) is 0.302. The second kappa shape index (κ2) is 18.1. The van der Waals surface area contributed by atoms with Crippen molar-refractivity contribution in [2.45, 2.75) is 119 Å². The van der Waals surface area contributed by atoms with Gasteiger partial charge in [0.2, 0.25) is 0 Å². The molecule has 0 radical (unpaired) electrons. The number of nitrogens with zero attached hydrogens (tertiary/aromatic N) is 4. The Balaban J connectivity index is 0.00000642. The van der Waals surface area contributed by atoms with Crippen LogP contribution in [0.5, 0.6) is 11.5 Å². The average molecular weight is 1090 g/mol. The molecule has 358 valence electrons. The van der Waals surface area contributed by atoms with E-state index in [2.05, 4.69) is 270 Å². The largest absolute Gasteiger partial charge is 0.509 e. The predicted molar refractivity (Wildman–Crippen MR) is 286 cm³/mol. The Labute approximate surface area is 426 Å². The van der Waals surface area contributed by atoms with Gasteiger partial charge in [-0.1, -0.05) is 193 Å². The Bertz CT molecular complexity index is 3160. The van der Waals surface area contributed by atoms with E-state index < -0.39 is 5.41 Å². The first-order valence-corrected chi connectivity index (χ1v) is 24.1. The number of pyridine rings is 1. The minimum Gasteiger partial charge on any atom is -0.509 e. The third-order valence-corrected chi connectivity index (χ3v) is 13.6. The third kappa shape index (κ3) is 9.82.